The molecule has 0 unspecified atom stereocenters. The van der Waals surface area contributed by atoms with E-state index in [1.165, 1.54) is 19.3 Å². The Kier molecular flexibility index (Phi) is 6.42. The van der Waals surface area contributed by atoms with Gasteiger partial charge in [-0.15, -0.1) is 10.2 Å². The third-order valence-corrected chi connectivity index (χ3v) is 7.51. The predicted octanol–water partition coefficient (Wildman–Crippen LogP) is 3.82. The van der Waals surface area contributed by atoms with E-state index in [0.29, 0.717) is 42.5 Å². The number of aromatic nitrogens is 5. The van der Waals surface area contributed by atoms with Gasteiger partial charge in [0.25, 0.3) is 0 Å². The van der Waals surface area contributed by atoms with E-state index in [9.17, 15) is 9.59 Å². The van der Waals surface area contributed by atoms with Crippen molar-refractivity contribution in [1.29, 1.82) is 0 Å². The molecule has 2 saturated heterocycles. The Morgan fingerprint density at radius 1 is 1.08 bits per heavy atom. The molecular weight excluding hydrogens is 494 g/mol. The number of fused-ring (bicyclic) bond motifs is 1. The zero-order valence-electron chi connectivity index (χ0n) is 20.4. The van der Waals surface area contributed by atoms with Crippen molar-refractivity contribution in [3.05, 3.63) is 57.9 Å². The zero-order valence-corrected chi connectivity index (χ0v) is 21.2. The van der Waals surface area contributed by atoms with Crippen LogP contribution in [-0.4, -0.2) is 61.7 Å². The number of benzene rings is 1. The van der Waals surface area contributed by atoms with Gasteiger partial charge in [-0.25, -0.2) is 9.78 Å². The SMILES string of the molecule is O=C(Cc1nnc(-c2cc(Cl)cc(N3CCCCC3)c2)o1)N1CCC(n2c(=O)[nH]c3ncccc32)CC1. The lowest BCUT2D eigenvalue weighted by Crippen LogP contribution is -2.41. The summed E-state index contributed by atoms with van der Waals surface area (Å²) in [5.41, 5.74) is 3.01. The number of likely N-dealkylation sites (tertiary alicyclic amines) is 1. The number of anilines is 1. The molecule has 2 fully saturated rings. The maximum absolute atomic E-state index is 13.0. The van der Waals surface area contributed by atoms with Gasteiger partial charge in [0.05, 0.1) is 5.52 Å². The lowest BCUT2D eigenvalue weighted by Gasteiger charge is -2.32. The molecule has 10 nitrogen and oxygen atoms in total. The molecule has 11 heteroatoms. The fourth-order valence-electron chi connectivity index (χ4n) is 5.41. The van der Waals surface area contributed by atoms with E-state index in [0.717, 1.165) is 29.9 Å². The van der Waals surface area contributed by atoms with Crippen LogP contribution >= 0.6 is 11.6 Å². The van der Waals surface area contributed by atoms with Gasteiger partial charge in [-0.05, 0) is 62.4 Å². The number of imidazole rings is 1. The number of halogens is 1. The normalized spacial score (nSPS) is 17.0. The van der Waals surface area contributed by atoms with Crippen LogP contribution in [-0.2, 0) is 11.2 Å². The number of nitrogens with one attached hydrogen (secondary N) is 1. The van der Waals surface area contributed by atoms with Gasteiger partial charge in [0.15, 0.2) is 5.65 Å². The summed E-state index contributed by atoms with van der Waals surface area (Å²) in [6.07, 6.45) is 6.65. The van der Waals surface area contributed by atoms with Crippen LogP contribution in [0.1, 0.15) is 44.0 Å². The second-order valence-corrected chi connectivity index (χ2v) is 10.1. The maximum atomic E-state index is 13.0. The van der Waals surface area contributed by atoms with Crippen molar-refractivity contribution in [1.82, 2.24) is 29.6 Å². The molecule has 1 aromatic carbocycles. The average Bonchev–Trinajstić information content (AvgIpc) is 3.52. The van der Waals surface area contributed by atoms with E-state index in [1.807, 2.05) is 24.3 Å². The summed E-state index contributed by atoms with van der Waals surface area (Å²) in [7, 11) is 0. The van der Waals surface area contributed by atoms with Crippen molar-refractivity contribution < 1.29 is 9.21 Å². The molecule has 0 saturated carbocycles. The van der Waals surface area contributed by atoms with E-state index in [2.05, 4.69) is 25.1 Å². The van der Waals surface area contributed by atoms with Crippen molar-refractivity contribution in [3.63, 3.8) is 0 Å². The summed E-state index contributed by atoms with van der Waals surface area (Å²) in [5, 5.41) is 8.92. The molecule has 2 aliphatic rings. The summed E-state index contributed by atoms with van der Waals surface area (Å²) in [6.45, 7) is 3.12. The quantitative estimate of drug-likeness (QED) is 0.424. The molecule has 2 aliphatic heterocycles. The highest BCUT2D eigenvalue weighted by Gasteiger charge is 2.27. The Morgan fingerprint density at radius 2 is 1.89 bits per heavy atom. The molecule has 1 N–H and O–H groups in total. The Morgan fingerprint density at radius 3 is 2.70 bits per heavy atom. The smallest absolute Gasteiger partial charge is 0.327 e. The highest BCUT2D eigenvalue weighted by atomic mass is 35.5. The summed E-state index contributed by atoms with van der Waals surface area (Å²) in [6, 6.07) is 9.51. The maximum Gasteiger partial charge on any atom is 0.327 e. The Bertz CT molecular complexity index is 1480. The molecule has 0 bridgehead atoms. The molecular formula is C26H28ClN7O3. The largest absolute Gasteiger partial charge is 0.420 e. The van der Waals surface area contributed by atoms with E-state index >= 15 is 0 Å². The van der Waals surface area contributed by atoms with E-state index in [-0.39, 0.29) is 30.0 Å². The lowest BCUT2D eigenvalue weighted by atomic mass is 10.0. The number of amides is 1. The number of pyridine rings is 1. The third-order valence-electron chi connectivity index (χ3n) is 7.29. The minimum Gasteiger partial charge on any atom is -0.420 e. The molecule has 5 heterocycles. The molecule has 3 aromatic heterocycles. The third kappa shape index (κ3) is 4.85. The lowest BCUT2D eigenvalue weighted by molar-refractivity contribution is -0.132. The fraction of sp³-hybridized carbons (Fsp3) is 0.423. The topological polar surface area (TPSA) is 113 Å². The van der Waals surface area contributed by atoms with Gasteiger partial charge in [0.1, 0.15) is 6.42 Å². The molecule has 0 radical (unpaired) electrons. The summed E-state index contributed by atoms with van der Waals surface area (Å²) in [5.74, 6) is 0.567. The summed E-state index contributed by atoms with van der Waals surface area (Å²) in [4.78, 5) is 36.6. The van der Waals surface area contributed by atoms with Crippen LogP contribution in [0.5, 0.6) is 0 Å². The van der Waals surface area contributed by atoms with Crippen LogP contribution in [0.25, 0.3) is 22.6 Å². The summed E-state index contributed by atoms with van der Waals surface area (Å²) >= 11 is 6.40. The van der Waals surface area contributed by atoms with Crippen molar-refractivity contribution >= 4 is 34.4 Å². The molecule has 0 spiro atoms. The number of carbonyl (C=O) groups is 1. The van der Waals surface area contributed by atoms with Crippen LogP contribution in [0.15, 0.2) is 45.7 Å². The first-order valence-corrected chi connectivity index (χ1v) is 13.1. The second-order valence-electron chi connectivity index (χ2n) is 9.71. The van der Waals surface area contributed by atoms with Crippen molar-refractivity contribution in [2.75, 3.05) is 31.1 Å². The predicted molar refractivity (Wildman–Crippen MR) is 140 cm³/mol. The van der Waals surface area contributed by atoms with Gasteiger partial charge < -0.3 is 14.2 Å². The van der Waals surface area contributed by atoms with Crippen molar-refractivity contribution in [3.8, 4) is 11.5 Å². The van der Waals surface area contributed by atoms with E-state index < -0.39 is 0 Å². The van der Waals surface area contributed by atoms with Gasteiger partial charge in [0, 0.05) is 54.7 Å². The molecule has 0 atom stereocenters. The number of piperidine rings is 2. The molecule has 6 rings (SSSR count). The first-order valence-electron chi connectivity index (χ1n) is 12.8. The Labute approximate surface area is 218 Å². The highest BCUT2D eigenvalue weighted by molar-refractivity contribution is 6.31. The van der Waals surface area contributed by atoms with E-state index in [1.54, 1.807) is 21.7 Å². The van der Waals surface area contributed by atoms with Gasteiger partial charge in [0.2, 0.25) is 17.7 Å². The van der Waals surface area contributed by atoms with Crippen molar-refractivity contribution in [2.45, 2.75) is 44.6 Å². The van der Waals surface area contributed by atoms with Crippen molar-refractivity contribution in [2.24, 2.45) is 0 Å². The zero-order chi connectivity index (χ0) is 25.4. The number of rotatable bonds is 5. The van der Waals surface area contributed by atoms with Gasteiger partial charge >= 0.3 is 5.69 Å². The second kappa shape index (κ2) is 10.0. The number of hydrogen-bond acceptors (Lipinski definition) is 7. The van der Waals surface area contributed by atoms with Crippen LogP contribution in [0.2, 0.25) is 5.02 Å². The molecule has 0 aliphatic carbocycles. The minimum atomic E-state index is -0.165. The fourth-order valence-corrected chi connectivity index (χ4v) is 5.64. The summed E-state index contributed by atoms with van der Waals surface area (Å²) < 4.78 is 7.63. The highest BCUT2D eigenvalue weighted by Crippen LogP contribution is 2.30. The molecule has 4 aromatic rings. The standard InChI is InChI=1S/C26H28ClN7O3/c27-18-13-17(14-20(15-18)32-9-2-1-3-10-32)25-31-30-22(37-25)16-23(35)33-11-6-19(7-12-33)34-21-5-4-8-28-24(21)29-26(34)36/h4-5,8,13-15,19H,1-3,6-7,9-12,16H2,(H,28,29,36). The molecule has 192 valence electrons. The van der Waals surface area contributed by atoms with Crippen LogP contribution in [0.3, 0.4) is 0 Å². The number of H-pyrrole nitrogens is 1. The number of carbonyl (C=O) groups excluding carboxylic acids is 1. The molecule has 1 amide bonds. The number of aromatic amines is 1. The Balaban J connectivity index is 1.10. The van der Waals surface area contributed by atoms with Crippen LogP contribution in [0, 0.1) is 0 Å². The van der Waals surface area contributed by atoms with Gasteiger partial charge in [-0.1, -0.05) is 11.6 Å². The van der Waals surface area contributed by atoms with E-state index in [4.69, 9.17) is 16.0 Å². The first kappa shape index (κ1) is 23.7. The first-order chi connectivity index (χ1) is 18.0. The van der Waals surface area contributed by atoms with Gasteiger partial charge in [-0.3, -0.25) is 14.3 Å². The monoisotopic (exact) mass is 521 g/mol. The molecule has 37 heavy (non-hydrogen) atoms. The number of hydrogen-bond donors (Lipinski definition) is 1. The number of nitrogens with zero attached hydrogens (tertiary/aromatic N) is 6. The Hall–Kier alpha value is -3.66. The van der Waals surface area contributed by atoms with Gasteiger partial charge in [-0.2, -0.15) is 0 Å². The average molecular weight is 522 g/mol. The van der Waals surface area contributed by atoms with Crippen LogP contribution < -0.4 is 10.6 Å². The van der Waals surface area contributed by atoms with Crippen LogP contribution in [0.4, 0.5) is 5.69 Å². The minimum absolute atomic E-state index is 0.0152.